The van der Waals surface area contributed by atoms with Crippen LogP contribution < -0.4 is 16.1 Å². The molecule has 1 aliphatic rings. The van der Waals surface area contributed by atoms with Crippen LogP contribution in [-0.2, 0) is 23.6 Å². The van der Waals surface area contributed by atoms with E-state index >= 15 is 0 Å². The zero-order chi connectivity index (χ0) is 14.9. The maximum Gasteiger partial charge on any atom is 0.346 e. The molecule has 110 valence electrons. The molecule has 0 spiro atoms. The van der Waals surface area contributed by atoms with Gasteiger partial charge in [-0.1, -0.05) is 0 Å². The molecule has 2 rings (SSSR count). The molecule has 0 bridgehead atoms. The number of nitrogens with zero attached hydrogens (tertiary/aromatic N) is 4. The summed E-state index contributed by atoms with van der Waals surface area (Å²) in [5.74, 6) is -0.271. The molecule has 8 nitrogen and oxygen atoms in total. The number of piperidine rings is 1. The third kappa shape index (κ3) is 2.33. The monoisotopic (exact) mass is 282 g/mol. The van der Waals surface area contributed by atoms with Crippen LogP contribution in [0.3, 0.4) is 0 Å². The van der Waals surface area contributed by atoms with E-state index in [1.807, 2.05) is 0 Å². The minimum atomic E-state index is -0.522. The van der Waals surface area contributed by atoms with Gasteiger partial charge < -0.3 is 9.64 Å². The molecule has 20 heavy (non-hydrogen) atoms. The molecule has 8 heteroatoms. The molecule has 0 aliphatic carbocycles. The maximum atomic E-state index is 12.2. The predicted octanol–water partition coefficient (Wildman–Crippen LogP) is -0.989. The van der Waals surface area contributed by atoms with Crippen molar-refractivity contribution < 1.29 is 9.53 Å². The second kappa shape index (κ2) is 5.48. The van der Waals surface area contributed by atoms with E-state index in [2.05, 4.69) is 5.10 Å². The van der Waals surface area contributed by atoms with Crippen molar-refractivity contribution in [1.82, 2.24) is 14.3 Å². The minimum absolute atomic E-state index is 0.115. The summed E-state index contributed by atoms with van der Waals surface area (Å²) in [5, 5.41) is 4.01. The smallest absolute Gasteiger partial charge is 0.346 e. The second-order valence-corrected chi connectivity index (χ2v) is 4.82. The molecule has 1 aromatic rings. The Bertz CT molecular complexity index is 633. The number of aryl methyl sites for hydroxylation is 1. The topological polar surface area (TPSA) is 86.4 Å². The Balaban J connectivity index is 2.51. The highest BCUT2D eigenvalue weighted by molar-refractivity contribution is 5.79. The minimum Gasteiger partial charge on any atom is -0.467 e. The van der Waals surface area contributed by atoms with E-state index < -0.39 is 17.3 Å². The SMILES string of the molecule is COC(=O)C1CCCCN1c1nn(C)c(=O)n(C)c1=O. The van der Waals surface area contributed by atoms with Crippen molar-refractivity contribution in [3.63, 3.8) is 0 Å². The maximum absolute atomic E-state index is 12.2. The summed E-state index contributed by atoms with van der Waals surface area (Å²) in [5.41, 5.74) is -0.991. The predicted molar refractivity (Wildman–Crippen MR) is 71.7 cm³/mol. The van der Waals surface area contributed by atoms with E-state index in [1.54, 1.807) is 4.90 Å². The van der Waals surface area contributed by atoms with Crippen molar-refractivity contribution in [2.24, 2.45) is 14.1 Å². The fraction of sp³-hybridized carbons (Fsp3) is 0.667. The van der Waals surface area contributed by atoms with Crippen molar-refractivity contribution in [3.8, 4) is 0 Å². The van der Waals surface area contributed by atoms with Crippen molar-refractivity contribution in [1.29, 1.82) is 0 Å². The van der Waals surface area contributed by atoms with Gasteiger partial charge in [0.2, 0.25) is 5.82 Å². The van der Waals surface area contributed by atoms with E-state index in [0.29, 0.717) is 13.0 Å². The van der Waals surface area contributed by atoms with Crippen LogP contribution in [0.25, 0.3) is 0 Å². The number of carbonyl (C=O) groups excluding carboxylic acids is 1. The van der Waals surface area contributed by atoms with Crippen LogP contribution in [0.1, 0.15) is 19.3 Å². The average Bonchev–Trinajstić information content (AvgIpc) is 2.48. The number of anilines is 1. The largest absolute Gasteiger partial charge is 0.467 e. The summed E-state index contributed by atoms with van der Waals surface area (Å²) in [6.07, 6.45) is 2.36. The summed E-state index contributed by atoms with van der Waals surface area (Å²) in [4.78, 5) is 37.3. The van der Waals surface area contributed by atoms with E-state index in [0.717, 1.165) is 22.1 Å². The molecule has 0 saturated carbocycles. The van der Waals surface area contributed by atoms with Gasteiger partial charge in [0.05, 0.1) is 7.11 Å². The highest BCUT2D eigenvalue weighted by Crippen LogP contribution is 2.21. The number of aromatic nitrogens is 3. The van der Waals surface area contributed by atoms with Crippen LogP contribution in [0, 0.1) is 0 Å². The Kier molecular flexibility index (Phi) is 3.91. The molecular formula is C12H18N4O4. The zero-order valence-corrected chi connectivity index (χ0v) is 11.8. The van der Waals surface area contributed by atoms with E-state index in [9.17, 15) is 14.4 Å². The van der Waals surface area contributed by atoms with Crippen LogP contribution in [0.4, 0.5) is 5.82 Å². The van der Waals surface area contributed by atoms with E-state index in [-0.39, 0.29) is 11.8 Å². The van der Waals surface area contributed by atoms with Crippen molar-refractivity contribution in [2.45, 2.75) is 25.3 Å². The first-order valence-electron chi connectivity index (χ1n) is 6.46. The number of esters is 1. The molecule has 1 aromatic heterocycles. The summed E-state index contributed by atoms with van der Waals surface area (Å²) in [6.45, 7) is 0.542. The Morgan fingerprint density at radius 1 is 1.30 bits per heavy atom. The van der Waals surface area contributed by atoms with Gasteiger partial charge in [-0.2, -0.15) is 0 Å². The first-order valence-corrected chi connectivity index (χ1v) is 6.46. The van der Waals surface area contributed by atoms with Crippen molar-refractivity contribution in [2.75, 3.05) is 18.6 Å². The lowest BCUT2D eigenvalue weighted by molar-refractivity contribution is -0.142. The molecule has 0 amide bonds. The number of hydrogen-bond acceptors (Lipinski definition) is 6. The molecule has 1 fully saturated rings. The lowest BCUT2D eigenvalue weighted by Gasteiger charge is -2.34. The molecule has 2 heterocycles. The van der Waals surface area contributed by atoms with Crippen LogP contribution in [0.15, 0.2) is 9.59 Å². The van der Waals surface area contributed by atoms with Gasteiger partial charge in [0.1, 0.15) is 6.04 Å². The summed E-state index contributed by atoms with van der Waals surface area (Å²) < 4.78 is 6.87. The zero-order valence-electron chi connectivity index (χ0n) is 11.8. The molecule has 1 unspecified atom stereocenters. The van der Waals surface area contributed by atoms with Gasteiger partial charge in [0, 0.05) is 20.6 Å². The van der Waals surface area contributed by atoms with Crippen LogP contribution in [0.2, 0.25) is 0 Å². The number of carbonyl (C=O) groups is 1. The number of ether oxygens (including phenoxy) is 1. The average molecular weight is 282 g/mol. The summed E-state index contributed by atoms with van der Waals surface area (Å²) >= 11 is 0. The van der Waals surface area contributed by atoms with Crippen molar-refractivity contribution in [3.05, 3.63) is 20.8 Å². The highest BCUT2D eigenvalue weighted by Gasteiger charge is 2.32. The molecule has 0 radical (unpaired) electrons. The number of hydrogen-bond donors (Lipinski definition) is 0. The fourth-order valence-electron chi connectivity index (χ4n) is 2.43. The molecule has 0 aromatic carbocycles. The van der Waals surface area contributed by atoms with Crippen LogP contribution in [0.5, 0.6) is 0 Å². The van der Waals surface area contributed by atoms with Gasteiger partial charge in [-0.05, 0) is 19.3 Å². The molecule has 1 saturated heterocycles. The second-order valence-electron chi connectivity index (χ2n) is 4.82. The van der Waals surface area contributed by atoms with E-state index in [1.165, 1.54) is 21.2 Å². The van der Waals surface area contributed by atoms with Crippen LogP contribution >= 0.6 is 0 Å². The molecule has 1 aliphatic heterocycles. The standard InChI is InChI=1S/C12H18N4O4/c1-14-10(17)9(13-15(2)12(14)19)16-7-5-4-6-8(16)11(18)20-3/h8H,4-7H2,1-3H3. The molecular weight excluding hydrogens is 264 g/mol. The van der Waals surface area contributed by atoms with Crippen molar-refractivity contribution >= 4 is 11.8 Å². The quantitative estimate of drug-likeness (QED) is 0.647. The normalized spacial score (nSPS) is 18.9. The molecule has 0 N–H and O–H groups in total. The van der Waals surface area contributed by atoms with Gasteiger partial charge in [-0.3, -0.25) is 9.36 Å². The summed E-state index contributed by atoms with van der Waals surface area (Å²) in [6, 6.07) is -0.522. The van der Waals surface area contributed by atoms with Gasteiger partial charge >= 0.3 is 11.7 Å². The molecule has 1 atom stereocenters. The lowest BCUT2D eigenvalue weighted by atomic mass is 10.0. The van der Waals surface area contributed by atoms with Gasteiger partial charge in [0.15, 0.2) is 0 Å². The third-order valence-corrected chi connectivity index (χ3v) is 3.55. The van der Waals surface area contributed by atoms with Gasteiger partial charge in [-0.25, -0.2) is 14.3 Å². The fourth-order valence-corrected chi connectivity index (χ4v) is 2.43. The Morgan fingerprint density at radius 2 is 2.00 bits per heavy atom. The van der Waals surface area contributed by atoms with Gasteiger partial charge in [-0.15, -0.1) is 5.10 Å². The van der Waals surface area contributed by atoms with Crippen LogP contribution in [-0.4, -0.2) is 40.0 Å². The Labute approximate surface area is 115 Å². The highest BCUT2D eigenvalue weighted by atomic mass is 16.5. The van der Waals surface area contributed by atoms with Gasteiger partial charge in [0.25, 0.3) is 5.56 Å². The summed E-state index contributed by atoms with van der Waals surface area (Å²) in [7, 11) is 4.19. The third-order valence-electron chi connectivity index (χ3n) is 3.55. The van der Waals surface area contributed by atoms with E-state index in [4.69, 9.17) is 4.74 Å². The Morgan fingerprint density at radius 3 is 2.65 bits per heavy atom. The number of rotatable bonds is 2. The Hall–Kier alpha value is -2.12. The number of methoxy groups -OCH3 is 1. The lowest BCUT2D eigenvalue weighted by Crippen LogP contribution is -2.51. The first-order chi connectivity index (χ1) is 9.47. The first kappa shape index (κ1) is 14.3.